The van der Waals surface area contributed by atoms with Crippen molar-refractivity contribution < 1.29 is 18.5 Å². The fraction of sp³-hybridized carbons (Fsp3) is 0.467. The number of urea groups is 1. The van der Waals surface area contributed by atoms with Crippen LogP contribution in [0.3, 0.4) is 0 Å². The first-order chi connectivity index (χ1) is 11.0. The molecule has 0 aromatic heterocycles. The van der Waals surface area contributed by atoms with Gasteiger partial charge in [0.15, 0.2) is 0 Å². The maximum absolute atomic E-state index is 12.3. The molecule has 1 saturated heterocycles. The van der Waals surface area contributed by atoms with Gasteiger partial charge < -0.3 is 19.9 Å². The Bertz CT molecular complexity index is 600. The molecule has 0 bridgehead atoms. The molecule has 8 heteroatoms. The zero-order valence-electron chi connectivity index (χ0n) is 13.3. The van der Waals surface area contributed by atoms with Crippen molar-refractivity contribution in [2.45, 2.75) is 11.8 Å². The Morgan fingerprint density at radius 3 is 2.48 bits per heavy atom. The maximum atomic E-state index is 12.3. The molecule has 126 valence electrons. The van der Waals surface area contributed by atoms with Gasteiger partial charge in [0.05, 0.1) is 6.61 Å². The highest BCUT2D eigenvalue weighted by Gasteiger charge is 2.24. The van der Waals surface area contributed by atoms with E-state index in [9.17, 15) is 13.8 Å². The van der Waals surface area contributed by atoms with Gasteiger partial charge >= 0.3 is 12.1 Å². The number of piperazine rings is 1. The van der Waals surface area contributed by atoms with Gasteiger partial charge in [-0.15, -0.1) is 0 Å². The van der Waals surface area contributed by atoms with Gasteiger partial charge in [-0.1, -0.05) is 6.07 Å². The van der Waals surface area contributed by atoms with E-state index in [4.69, 9.17) is 4.74 Å². The number of anilines is 1. The number of carbonyl (C=O) groups excluding carboxylic acids is 2. The number of amides is 3. The summed E-state index contributed by atoms with van der Waals surface area (Å²) >= 11 is 0. The average Bonchev–Trinajstić information content (AvgIpc) is 2.55. The highest BCUT2D eigenvalue weighted by Crippen LogP contribution is 2.14. The first-order valence-electron chi connectivity index (χ1n) is 7.42. The van der Waals surface area contributed by atoms with Gasteiger partial charge in [-0.05, 0) is 25.1 Å². The molecule has 1 atom stereocenters. The van der Waals surface area contributed by atoms with E-state index >= 15 is 0 Å². The molecule has 0 aliphatic carbocycles. The fourth-order valence-corrected chi connectivity index (χ4v) is 2.83. The van der Waals surface area contributed by atoms with E-state index < -0.39 is 10.8 Å². The van der Waals surface area contributed by atoms with Crippen molar-refractivity contribution in [2.24, 2.45) is 0 Å². The van der Waals surface area contributed by atoms with E-state index in [2.05, 4.69) is 5.32 Å². The summed E-state index contributed by atoms with van der Waals surface area (Å²) in [6.07, 6.45) is 1.25. The predicted octanol–water partition coefficient (Wildman–Crippen LogP) is 1.73. The molecule has 1 unspecified atom stereocenters. The normalized spacial score (nSPS) is 15.9. The lowest BCUT2D eigenvalue weighted by molar-refractivity contribution is 0.0868. The van der Waals surface area contributed by atoms with Crippen LogP contribution in [0.2, 0.25) is 0 Å². The summed E-state index contributed by atoms with van der Waals surface area (Å²) in [6, 6.07) is 6.73. The summed E-state index contributed by atoms with van der Waals surface area (Å²) in [5, 5.41) is 2.79. The molecule has 0 spiro atoms. The highest BCUT2D eigenvalue weighted by atomic mass is 32.2. The molecular weight excluding hydrogens is 318 g/mol. The second-order valence-corrected chi connectivity index (χ2v) is 6.46. The molecule has 1 N–H and O–H groups in total. The van der Waals surface area contributed by atoms with E-state index in [-0.39, 0.29) is 12.1 Å². The Balaban J connectivity index is 1.89. The maximum Gasteiger partial charge on any atom is 0.409 e. The Labute approximate surface area is 138 Å². The zero-order chi connectivity index (χ0) is 16.8. The van der Waals surface area contributed by atoms with Crippen molar-refractivity contribution in [1.82, 2.24) is 9.80 Å². The third-order valence-electron chi connectivity index (χ3n) is 3.51. The van der Waals surface area contributed by atoms with E-state index in [0.717, 1.165) is 0 Å². The number of nitrogens with zero attached hydrogens (tertiary/aromatic N) is 2. The molecule has 1 aliphatic rings. The third kappa shape index (κ3) is 4.69. The second-order valence-electron chi connectivity index (χ2n) is 5.09. The van der Waals surface area contributed by atoms with Crippen LogP contribution in [0, 0.1) is 0 Å². The van der Waals surface area contributed by atoms with Gasteiger partial charge in [-0.25, -0.2) is 9.59 Å². The minimum atomic E-state index is -1.09. The smallest absolute Gasteiger partial charge is 0.409 e. The summed E-state index contributed by atoms with van der Waals surface area (Å²) in [4.78, 5) is 27.8. The van der Waals surface area contributed by atoms with Crippen LogP contribution in [0.4, 0.5) is 15.3 Å². The van der Waals surface area contributed by atoms with E-state index in [1.54, 1.807) is 47.2 Å². The zero-order valence-corrected chi connectivity index (χ0v) is 14.1. The Hall–Kier alpha value is -2.09. The number of nitrogens with one attached hydrogen (secondary N) is 1. The third-order valence-corrected chi connectivity index (χ3v) is 4.43. The molecule has 7 nitrogen and oxygen atoms in total. The predicted molar refractivity (Wildman–Crippen MR) is 88.0 cm³/mol. The molecule has 23 heavy (non-hydrogen) atoms. The van der Waals surface area contributed by atoms with Gasteiger partial charge in [0.1, 0.15) is 0 Å². The summed E-state index contributed by atoms with van der Waals surface area (Å²) in [7, 11) is -1.09. The summed E-state index contributed by atoms with van der Waals surface area (Å²) in [6.45, 7) is 3.90. The molecule has 2 rings (SSSR count). The van der Waals surface area contributed by atoms with Crippen LogP contribution in [0.25, 0.3) is 0 Å². The van der Waals surface area contributed by atoms with E-state index in [1.165, 1.54) is 0 Å². The topological polar surface area (TPSA) is 79.0 Å². The number of hydrogen-bond acceptors (Lipinski definition) is 4. The Morgan fingerprint density at radius 1 is 1.22 bits per heavy atom. The molecule has 3 amide bonds. The van der Waals surface area contributed by atoms with Crippen LogP contribution in [-0.4, -0.2) is 65.2 Å². The lowest BCUT2D eigenvalue weighted by Crippen LogP contribution is -2.51. The molecule has 1 fully saturated rings. The van der Waals surface area contributed by atoms with Crippen molar-refractivity contribution in [1.29, 1.82) is 0 Å². The first-order valence-corrected chi connectivity index (χ1v) is 8.98. The molecule has 0 radical (unpaired) electrons. The lowest BCUT2D eigenvalue weighted by Gasteiger charge is -2.34. The number of benzene rings is 1. The van der Waals surface area contributed by atoms with Crippen LogP contribution in [0.5, 0.6) is 0 Å². The molecule has 1 heterocycles. The molecule has 0 saturated carbocycles. The summed E-state index contributed by atoms with van der Waals surface area (Å²) < 4.78 is 16.4. The highest BCUT2D eigenvalue weighted by molar-refractivity contribution is 7.84. The quantitative estimate of drug-likeness (QED) is 0.909. The lowest BCUT2D eigenvalue weighted by atomic mass is 10.3. The van der Waals surface area contributed by atoms with Crippen LogP contribution in [0.15, 0.2) is 29.2 Å². The monoisotopic (exact) mass is 339 g/mol. The molecular formula is C15H21N3O4S. The fourth-order valence-electron chi connectivity index (χ4n) is 2.26. The summed E-state index contributed by atoms with van der Waals surface area (Å²) in [5.41, 5.74) is 0.607. The van der Waals surface area contributed by atoms with Gasteiger partial charge in [-0.3, -0.25) is 4.21 Å². The van der Waals surface area contributed by atoms with Crippen molar-refractivity contribution in [3.05, 3.63) is 24.3 Å². The number of carbonyl (C=O) groups is 2. The SMILES string of the molecule is CCOC(=O)N1CCN(C(=O)Nc2cccc(S(C)=O)c2)CC1. The largest absolute Gasteiger partial charge is 0.450 e. The second kappa shape index (κ2) is 7.96. The minimum Gasteiger partial charge on any atom is -0.450 e. The molecule has 1 aromatic rings. The van der Waals surface area contributed by atoms with E-state index in [1.807, 2.05) is 0 Å². The number of hydrogen-bond donors (Lipinski definition) is 1. The number of rotatable bonds is 3. The first kappa shape index (κ1) is 17.3. The van der Waals surface area contributed by atoms with Crippen molar-refractivity contribution in [2.75, 3.05) is 44.4 Å². The van der Waals surface area contributed by atoms with E-state index in [0.29, 0.717) is 43.4 Å². The Kier molecular flexibility index (Phi) is 5.97. The van der Waals surface area contributed by atoms with Gasteiger partial charge in [0.2, 0.25) is 0 Å². The van der Waals surface area contributed by atoms with Crippen LogP contribution >= 0.6 is 0 Å². The van der Waals surface area contributed by atoms with Crippen LogP contribution in [-0.2, 0) is 15.5 Å². The Morgan fingerprint density at radius 2 is 1.87 bits per heavy atom. The van der Waals surface area contributed by atoms with Gasteiger partial charge in [0, 0.05) is 53.8 Å². The van der Waals surface area contributed by atoms with Gasteiger partial charge in [0.25, 0.3) is 0 Å². The molecule has 1 aromatic carbocycles. The molecule has 1 aliphatic heterocycles. The van der Waals surface area contributed by atoms with Crippen LogP contribution in [0.1, 0.15) is 6.92 Å². The van der Waals surface area contributed by atoms with Crippen LogP contribution < -0.4 is 5.32 Å². The van der Waals surface area contributed by atoms with Crippen molar-refractivity contribution >= 4 is 28.6 Å². The van der Waals surface area contributed by atoms with Crippen molar-refractivity contribution in [3.63, 3.8) is 0 Å². The average molecular weight is 339 g/mol. The van der Waals surface area contributed by atoms with Gasteiger partial charge in [-0.2, -0.15) is 0 Å². The summed E-state index contributed by atoms with van der Waals surface area (Å²) in [5.74, 6) is 0. The number of ether oxygens (including phenoxy) is 1. The standard InChI is InChI=1S/C15H21N3O4S/c1-3-22-15(20)18-9-7-17(8-10-18)14(19)16-12-5-4-6-13(11-12)23(2)21/h4-6,11H,3,7-10H2,1-2H3,(H,16,19). The minimum absolute atomic E-state index is 0.229. The van der Waals surface area contributed by atoms with Crippen molar-refractivity contribution in [3.8, 4) is 0 Å².